The molecular formula is C11H19NO5S. The van der Waals surface area contributed by atoms with E-state index in [1.165, 1.54) is 7.11 Å². The zero-order valence-electron chi connectivity index (χ0n) is 10.4. The van der Waals surface area contributed by atoms with Gasteiger partial charge in [0.2, 0.25) is 10.0 Å². The van der Waals surface area contributed by atoms with Crippen molar-refractivity contribution in [2.75, 3.05) is 12.9 Å². The number of hydrogen-bond donors (Lipinski definition) is 1. The Labute approximate surface area is 107 Å². The number of fused-ring (bicyclic) bond motifs is 2. The maximum absolute atomic E-state index is 11.8. The van der Waals surface area contributed by atoms with E-state index in [0.717, 1.165) is 19.3 Å². The first kappa shape index (κ1) is 13.8. The fraction of sp³-hybridized carbons (Fsp3) is 0.909. The molecule has 0 aromatic rings. The average Bonchev–Trinajstić information content (AvgIpc) is 2.89. The lowest BCUT2D eigenvalue weighted by atomic mass is 9.96. The number of rotatable bonds is 6. The zero-order valence-corrected chi connectivity index (χ0v) is 11.2. The monoisotopic (exact) mass is 277 g/mol. The first-order valence-electron chi connectivity index (χ1n) is 6.22. The van der Waals surface area contributed by atoms with Crippen LogP contribution in [0.15, 0.2) is 0 Å². The highest BCUT2D eigenvalue weighted by molar-refractivity contribution is 7.89. The van der Waals surface area contributed by atoms with Gasteiger partial charge in [0.1, 0.15) is 0 Å². The molecule has 0 radical (unpaired) electrons. The Kier molecular flexibility index (Phi) is 4.24. The Morgan fingerprint density at radius 3 is 2.78 bits per heavy atom. The molecule has 2 bridgehead atoms. The van der Waals surface area contributed by atoms with Gasteiger partial charge in [0.25, 0.3) is 0 Å². The maximum Gasteiger partial charge on any atom is 0.305 e. The summed E-state index contributed by atoms with van der Waals surface area (Å²) >= 11 is 0. The van der Waals surface area contributed by atoms with E-state index in [2.05, 4.69) is 9.46 Å². The van der Waals surface area contributed by atoms with E-state index >= 15 is 0 Å². The van der Waals surface area contributed by atoms with Crippen molar-refractivity contribution in [3.05, 3.63) is 0 Å². The van der Waals surface area contributed by atoms with Crippen molar-refractivity contribution in [2.24, 2.45) is 0 Å². The van der Waals surface area contributed by atoms with Gasteiger partial charge >= 0.3 is 5.97 Å². The highest BCUT2D eigenvalue weighted by Gasteiger charge is 2.42. The van der Waals surface area contributed by atoms with Crippen LogP contribution >= 0.6 is 0 Å². The summed E-state index contributed by atoms with van der Waals surface area (Å²) in [5, 5.41) is 0. The van der Waals surface area contributed by atoms with Crippen LogP contribution in [0.1, 0.15) is 32.1 Å². The molecule has 2 aliphatic rings. The number of carbonyl (C=O) groups is 1. The predicted molar refractivity (Wildman–Crippen MR) is 64.5 cm³/mol. The van der Waals surface area contributed by atoms with Crippen LogP contribution < -0.4 is 4.72 Å². The molecule has 2 aliphatic heterocycles. The first-order valence-corrected chi connectivity index (χ1v) is 7.87. The molecule has 3 unspecified atom stereocenters. The molecular weight excluding hydrogens is 258 g/mol. The van der Waals surface area contributed by atoms with Gasteiger partial charge in [-0.3, -0.25) is 4.79 Å². The van der Waals surface area contributed by atoms with E-state index in [9.17, 15) is 13.2 Å². The number of methoxy groups -OCH3 is 1. The van der Waals surface area contributed by atoms with Crippen LogP contribution in [0.5, 0.6) is 0 Å². The van der Waals surface area contributed by atoms with Gasteiger partial charge in [-0.25, -0.2) is 13.1 Å². The van der Waals surface area contributed by atoms with Gasteiger partial charge in [-0.05, 0) is 25.7 Å². The second-order valence-electron chi connectivity index (χ2n) is 4.83. The number of carbonyl (C=O) groups excluding carboxylic acids is 1. The topological polar surface area (TPSA) is 81.7 Å². The van der Waals surface area contributed by atoms with Crippen molar-refractivity contribution < 1.29 is 22.7 Å². The quantitative estimate of drug-likeness (QED) is 0.700. The smallest absolute Gasteiger partial charge is 0.305 e. The van der Waals surface area contributed by atoms with Crippen molar-refractivity contribution >= 4 is 16.0 Å². The van der Waals surface area contributed by atoms with Gasteiger partial charge in [0, 0.05) is 6.42 Å². The summed E-state index contributed by atoms with van der Waals surface area (Å²) in [5.41, 5.74) is 0. The number of nitrogens with one attached hydrogen (secondary N) is 1. The second kappa shape index (κ2) is 5.54. The van der Waals surface area contributed by atoms with Crippen LogP contribution in [0.4, 0.5) is 0 Å². The first-order chi connectivity index (χ1) is 8.50. The van der Waals surface area contributed by atoms with Crippen molar-refractivity contribution in [2.45, 2.75) is 50.4 Å². The van der Waals surface area contributed by atoms with Crippen LogP contribution in [-0.4, -0.2) is 45.5 Å². The summed E-state index contributed by atoms with van der Waals surface area (Å²) in [5.74, 6) is -0.427. The Balaban J connectivity index is 1.75. The minimum atomic E-state index is -3.33. The van der Waals surface area contributed by atoms with Crippen LogP contribution in [0.25, 0.3) is 0 Å². The number of sulfonamides is 1. The van der Waals surface area contributed by atoms with E-state index in [-0.39, 0.29) is 42.8 Å². The molecule has 6 nitrogen and oxygen atoms in total. The lowest BCUT2D eigenvalue weighted by Crippen LogP contribution is -2.42. The van der Waals surface area contributed by atoms with Gasteiger partial charge < -0.3 is 9.47 Å². The van der Waals surface area contributed by atoms with Crippen LogP contribution in [-0.2, 0) is 24.3 Å². The third-order valence-corrected chi connectivity index (χ3v) is 4.95. The minimum Gasteiger partial charge on any atom is -0.469 e. The van der Waals surface area contributed by atoms with E-state index < -0.39 is 10.0 Å². The Morgan fingerprint density at radius 2 is 2.22 bits per heavy atom. The molecule has 2 heterocycles. The van der Waals surface area contributed by atoms with Crippen molar-refractivity contribution in [1.82, 2.24) is 4.72 Å². The van der Waals surface area contributed by atoms with Gasteiger partial charge in [0.15, 0.2) is 0 Å². The van der Waals surface area contributed by atoms with Crippen molar-refractivity contribution in [3.63, 3.8) is 0 Å². The Bertz CT molecular complexity index is 408. The van der Waals surface area contributed by atoms with Crippen molar-refractivity contribution in [3.8, 4) is 0 Å². The summed E-state index contributed by atoms with van der Waals surface area (Å²) in [4.78, 5) is 10.9. The molecule has 0 aromatic carbocycles. The molecule has 2 fully saturated rings. The standard InChI is InChI=1S/C11H19NO5S/c1-16-11(13)3-2-6-18(14,15)12-9-7-8-4-5-10(9)17-8/h8-10,12H,2-7H2,1H3. The highest BCUT2D eigenvalue weighted by atomic mass is 32.2. The molecule has 2 rings (SSSR count). The Hall–Kier alpha value is -0.660. The lowest BCUT2D eigenvalue weighted by molar-refractivity contribution is -0.140. The van der Waals surface area contributed by atoms with Crippen LogP contribution in [0.3, 0.4) is 0 Å². The molecule has 2 saturated heterocycles. The normalized spacial score (nSPS) is 30.6. The summed E-state index contributed by atoms with van der Waals surface area (Å²) in [7, 11) is -2.04. The highest BCUT2D eigenvalue weighted by Crippen LogP contribution is 2.34. The summed E-state index contributed by atoms with van der Waals surface area (Å²) < 4.78 is 36.4. The van der Waals surface area contributed by atoms with Crippen molar-refractivity contribution in [1.29, 1.82) is 0 Å². The minimum absolute atomic E-state index is 0.0328. The van der Waals surface area contributed by atoms with E-state index in [0.29, 0.717) is 0 Å². The number of hydrogen-bond acceptors (Lipinski definition) is 5. The molecule has 18 heavy (non-hydrogen) atoms. The molecule has 0 saturated carbocycles. The average molecular weight is 277 g/mol. The molecule has 3 atom stereocenters. The maximum atomic E-state index is 11.8. The molecule has 7 heteroatoms. The zero-order chi connectivity index (χ0) is 13.2. The molecule has 0 aliphatic carbocycles. The molecule has 104 valence electrons. The fourth-order valence-electron chi connectivity index (χ4n) is 2.56. The SMILES string of the molecule is COC(=O)CCCS(=O)(=O)NC1CC2CCC1O2. The van der Waals surface area contributed by atoms with Gasteiger partial charge in [-0.15, -0.1) is 0 Å². The van der Waals surface area contributed by atoms with Crippen LogP contribution in [0, 0.1) is 0 Å². The number of esters is 1. The van der Waals surface area contributed by atoms with E-state index in [1.54, 1.807) is 0 Å². The van der Waals surface area contributed by atoms with Gasteiger partial charge in [-0.2, -0.15) is 0 Å². The Morgan fingerprint density at radius 1 is 1.44 bits per heavy atom. The lowest BCUT2D eigenvalue weighted by Gasteiger charge is -2.19. The number of ether oxygens (including phenoxy) is 2. The molecule has 0 amide bonds. The summed E-state index contributed by atoms with van der Waals surface area (Å²) in [6, 6.07) is -0.0909. The van der Waals surface area contributed by atoms with Gasteiger partial charge in [0.05, 0.1) is 31.1 Å². The van der Waals surface area contributed by atoms with Crippen LogP contribution in [0.2, 0.25) is 0 Å². The largest absolute Gasteiger partial charge is 0.469 e. The third kappa shape index (κ3) is 3.43. The third-order valence-electron chi connectivity index (χ3n) is 3.46. The summed E-state index contributed by atoms with van der Waals surface area (Å²) in [6.45, 7) is 0. The molecule has 0 spiro atoms. The predicted octanol–water partition coefficient (Wildman–Crippen LogP) is 0.179. The van der Waals surface area contributed by atoms with E-state index in [4.69, 9.17) is 4.74 Å². The molecule has 0 aromatic heterocycles. The molecule has 1 N–H and O–H groups in total. The second-order valence-corrected chi connectivity index (χ2v) is 6.71. The van der Waals surface area contributed by atoms with E-state index in [1.807, 2.05) is 0 Å². The summed E-state index contributed by atoms with van der Waals surface area (Å²) in [6.07, 6.45) is 3.39. The van der Waals surface area contributed by atoms with Gasteiger partial charge in [-0.1, -0.05) is 0 Å². The fourth-order valence-corrected chi connectivity index (χ4v) is 3.91.